The fourth-order valence-electron chi connectivity index (χ4n) is 2.62. The molecule has 0 spiro atoms. The summed E-state index contributed by atoms with van der Waals surface area (Å²) in [5.41, 5.74) is 4.67. The van der Waals surface area contributed by atoms with Crippen molar-refractivity contribution in [3.63, 3.8) is 0 Å². The number of rotatable bonds is 5. The van der Waals surface area contributed by atoms with E-state index in [2.05, 4.69) is 26.2 Å². The first kappa shape index (κ1) is 16.6. The van der Waals surface area contributed by atoms with Gasteiger partial charge in [0.15, 0.2) is 5.82 Å². The molecule has 25 heavy (non-hydrogen) atoms. The van der Waals surface area contributed by atoms with Crippen LogP contribution in [-0.4, -0.2) is 32.7 Å². The van der Waals surface area contributed by atoms with E-state index in [1.54, 1.807) is 11.7 Å². The van der Waals surface area contributed by atoms with E-state index in [0.29, 0.717) is 5.82 Å². The topological polar surface area (TPSA) is 84.7 Å². The summed E-state index contributed by atoms with van der Waals surface area (Å²) >= 11 is 0. The molecular weight excluding hydrogens is 316 g/mol. The van der Waals surface area contributed by atoms with Crippen LogP contribution in [-0.2, 0) is 11.8 Å². The maximum absolute atomic E-state index is 12.2. The number of anilines is 2. The summed E-state index contributed by atoms with van der Waals surface area (Å²) < 4.78 is 1.60. The van der Waals surface area contributed by atoms with Gasteiger partial charge in [0.05, 0.1) is 6.54 Å². The summed E-state index contributed by atoms with van der Waals surface area (Å²) in [6.45, 7) is 4.14. The molecule has 0 aliphatic heterocycles. The van der Waals surface area contributed by atoms with Crippen molar-refractivity contribution in [3.05, 3.63) is 53.6 Å². The van der Waals surface area contributed by atoms with Crippen LogP contribution in [0.25, 0.3) is 11.4 Å². The Hall–Kier alpha value is -3.22. The zero-order valence-corrected chi connectivity index (χ0v) is 14.4. The first-order chi connectivity index (χ1) is 12.0. The summed E-state index contributed by atoms with van der Waals surface area (Å²) in [6.07, 6.45) is 0. The van der Waals surface area contributed by atoms with Crippen molar-refractivity contribution < 1.29 is 4.79 Å². The van der Waals surface area contributed by atoms with Crippen LogP contribution in [0, 0.1) is 13.8 Å². The molecule has 0 radical (unpaired) electrons. The zero-order chi connectivity index (χ0) is 17.8. The summed E-state index contributed by atoms with van der Waals surface area (Å²) in [7, 11) is 1.79. The highest BCUT2D eigenvalue weighted by molar-refractivity contribution is 5.95. The Morgan fingerprint density at radius 3 is 2.52 bits per heavy atom. The Morgan fingerprint density at radius 2 is 1.84 bits per heavy atom. The fourth-order valence-corrected chi connectivity index (χ4v) is 2.62. The van der Waals surface area contributed by atoms with Gasteiger partial charge in [-0.1, -0.05) is 30.3 Å². The number of tetrazole rings is 1. The van der Waals surface area contributed by atoms with Crippen LogP contribution in [0.15, 0.2) is 42.5 Å². The van der Waals surface area contributed by atoms with Crippen LogP contribution >= 0.6 is 0 Å². The Labute approximate surface area is 146 Å². The van der Waals surface area contributed by atoms with Crippen LogP contribution in [0.1, 0.15) is 11.1 Å². The minimum atomic E-state index is -0.0943. The Morgan fingerprint density at radius 1 is 1.12 bits per heavy atom. The molecular formula is C18H20N6O. The normalized spacial score (nSPS) is 10.5. The molecule has 0 bridgehead atoms. The predicted molar refractivity (Wildman–Crippen MR) is 97.3 cm³/mol. The highest BCUT2D eigenvalue weighted by Crippen LogP contribution is 2.21. The number of para-hydroxylation sites is 1. The average molecular weight is 336 g/mol. The van der Waals surface area contributed by atoms with Gasteiger partial charge in [0.2, 0.25) is 5.91 Å². The Kier molecular flexibility index (Phi) is 4.74. The molecule has 7 heteroatoms. The number of hydrogen-bond acceptors (Lipinski definition) is 5. The third-order valence-corrected chi connectivity index (χ3v) is 3.94. The standard InChI is InChI=1S/C18H20N6O/c1-12-6-4-7-13(2)17(12)20-16(25)11-19-15-9-5-8-14(10-15)18-21-22-23-24(18)3/h4-10,19H,11H2,1-3H3,(H,20,25). The number of nitrogens with one attached hydrogen (secondary N) is 2. The van der Waals surface area contributed by atoms with Gasteiger partial charge >= 0.3 is 0 Å². The van der Waals surface area contributed by atoms with E-state index in [1.807, 2.05) is 56.3 Å². The molecule has 3 rings (SSSR count). The molecule has 0 saturated heterocycles. The van der Waals surface area contributed by atoms with Crippen LogP contribution < -0.4 is 10.6 Å². The number of nitrogens with zero attached hydrogens (tertiary/aromatic N) is 4. The second-order valence-electron chi connectivity index (χ2n) is 5.88. The van der Waals surface area contributed by atoms with Crippen LogP contribution in [0.4, 0.5) is 11.4 Å². The van der Waals surface area contributed by atoms with E-state index in [4.69, 9.17) is 0 Å². The Bertz CT molecular complexity index is 882. The molecule has 7 nitrogen and oxygen atoms in total. The molecule has 1 amide bonds. The maximum Gasteiger partial charge on any atom is 0.243 e. The van der Waals surface area contributed by atoms with Gasteiger partial charge in [0.1, 0.15) is 0 Å². The third-order valence-electron chi connectivity index (χ3n) is 3.94. The first-order valence-electron chi connectivity index (χ1n) is 7.97. The second kappa shape index (κ2) is 7.12. The number of carbonyl (C=O) groups is 1. The number of carbonyl (C=O) groups excluding carboxylic acids is 1. The van der Waals surface area contributed by atoms with Crippen molar-refractivity contribution in [3.8, 4) is 11.4 Å². The second-order valence-corrected chi connectivity index (χ2v) is 5.88. The molecule has 3 aromatic rings. The predicted octanol–water partition coefficient (Wildman–Crippen LogP) is 2.54. The van der Waals surface area contributed by atoms with E-state index in [1.165, 1.54) is 0 Å². The lowest BCUT2D eigenvalue weighted by Crippen LogP contribution is -2.22. The van der Waals surface area contributed by atoms with Gasteiger partial charge in [-0.25, -0.2) is 4.68 Å². The van der Waals surface area contributed by atoms with E-state index < -0.39 is 0 Å². The van der Waals surface area contributed by atoms with Gasteiger partial charge in [-0.2, -0.15) is 0 Å². The van der Waals surface area contributed by atoms with Crippen LogP contribution in [0.5, 0.6) is 0 Å². The summed E-state index contributed by atoms with van der Waals surface area (Å²) in [6, 6.07) is 13.6. The van der Waals surface area contributed by atoms with Gasteiger partial charge in [-0.3, -0.25) is 4.79 Å². The van der Waals surface area contributed by atoms with Gasteiger partial charge in [-0.05, 0) is 47.5 Å². The molecule has 0 aliphatic rings. The van der Waals surface area contributed by atoms with Crippen molar-refractivity contribution in [1.29, 1.82) is 0 Å². The van der Waals surface area contributed by atoms with E-state index in [9.17, 15) is 4.79 Å². The van der Waals surface area contributed by atoms with Gasteiger partial charge in [0, 0.05) is 24.0 Å². The van der Waals surface area contributed by atoms with Gasteiger partial charge in [-0.15, -0.1) is 5.10 Å². The van der Waals surface area contributed by atoms with Crippen molar-refractivity contribution >= 4 is 17.3 Å². The van der Waals surface area contributed by atoms with Gasteiger partial charge in [0.25, 0.3) is 0 Å². The molecule has 1 heterocycles. The number of aryl methyl sites for hydroxylation is 3. The number of amides is 1. The first-order valence-corrected chi connectivity index (χ1v) is 7.97. The molecule has 0 unspecified atom stereocenters. The number of aromatic nitrogens is 4. The van der Waals surface area contributed by atoms with Crippen molar-refractivity contribution in [1.82, 2.24) is 20.2 Å². The number of benzene rings is 2. The van der Waals surface area contributed by atoms with E-state index in [-0.39, 0.29) is 12.5 Å². The fraction of sp³-hybridized carbons (Fsp3) is 0.222. The SMILES string of the molecule is Cc1cccc(C)c1NC(=O)CNc1cccc(-c2nnnn2C)c1. The third kappa shape index (κ3) is 3.82. The molecule has 0 saturated carbocycles. The van der Waals surface area contributed by atoms with E-state index in [0.717, 1.165) is 28.1 Å². The summed E-state index contributed by atoms with van der Waals surface area (Å²) in [5.74, 6) is 0.576. The molecule has 2 aromatic carbocycles. The number of hydrogen-bond donors (Lipinski definition) is 2. The molecule has 0 fully saturated rings. The summed E-state index contributed by atoms with van der Waals surface area (Å²) in [5, 5.41) is 17.6. The monoisotopic (exact) mass is 336 g/mol. The maximum atomic E-state index is 12.2. The molecule has 0 atom stereocenters. The van der Waals surface area contributed by atoms with Crippen LogP contribution in [0.3, 0.4) is 0 Å². The minimum absolute atomic E-state index is 0.0943. The molecule has 2 N–H and O–H groups in total. The molecule has 1 aromatic heterocycles. The van der Waals surface area contributed by atoms with Crippen molar-refractivity contribution in [2.75, 3.05) is 17.2 Å². The average Bonchev–Trinajstić information content (AvgIpc) is 3.03. The quantitative estimate of drug-likeness (QED) is 0.748. The zero-order valence-electron chi connectivity index (χ0n) is 14.4. The van der Waals surface area contributed by atoms with Crippen molar-refractivity contribution in [2.24, 2.45) is 7.05 Å². The largest absolute Gasteiger partial charge is 0.376 e. The Balaban J connectivity index is 1.66. The molecule has 128 valence electrons. The van der Waals surface area contributed by atoms with E-state index >= 15 is 0 Å². The smallest absolute Gasteiger partial charge is 0.243 e. The minimum Gasteiger partial charge on any atom is -0.376 e. The lowest BCUT2D eigenvalue weighted by Gasteiger charge is -2.12. The van der Waals surface area contributed by atoms with Gasteiger partial charge < -0.3 is 10.6 Å². The molecule has 0 aliphatic carbocycles. The highest BCUT2D eigenvalue weighted by Gasteiger charge is 2.09. The lowest BCUT2D eigenvalue weighted by molar-refractivity contribution is -0.114. The lowest BCUT2D eigenvalue weighted by atomic mass is 10.1. The highest BCUT2D eigenvalue weighted by atomic mass is 16.1. The summed E-state index contributed by atoms with van der Waals surface area (Å²) in [4.78, 5) is 12.2. The van der Waals surface area contributed by atoms with Crippen molar-refractivity contribution in [2.45, 2.75) is 13.8 Å². The van der Waals surface area contributed by atoms with Crippen LogP contribution in [0.2, 0.25) is 0 Å².